The third-order valence-electron chi connectivity index (χ3n) is 3.91. The summed E-state index contributed by atoms with van der Waals surface area (Å²) < 4.78 is 5.13. The number of nitrogens with one attached hydrogen (secondary N) is 1. The zero-order valence-electron chi connectivity index (χ0n) is 14.3. The van der Waals surface area contributed by atoms with Crippen molar-refractivity contribution in [3.8, 4) is 5.75 Å². The minimum Gasteiger partial charge on any atom is -0.496 e. The number of carbonyl (C=O) groups is 3. The van der Waals surface area contributed by atoms with Gasteiger partial charge >= 0.3 is 6.03 Å². The summed E-state index contributed by atoms with van der Waals surface area (Å²) in [5.74, 6) is -1.59. The number of benzene rings is 2. The summed E-state index contributed by atoms with van der Waals surface area (Å²) in [6.07, 6.45) is 1.14. The van der Waals surface area contributed by atoms with Crippen molar-refractivity contribution in [3.63, 3.8) is 0 Å². The monoisotopic (exact) mass is 401 g/mol. The van der Waals surface area contributed by atoms with Crippen LogP contribution in [-0.4, -0.2) is 29.9 Å². The van der Waals surface area contributed by atoms with E-state index in [0.29, 0.717) is 5.02 Å². The number of hydrogen-bond donors (Lipinski definition) is 1. The third kappa shape index (κ3) is 3.55. The van der Waals surface area contributed by atoms with Crippen molar-refractivity contribution in [1.82, 2.24) is 5.32 Å². The highest BCUT2D eigenvalue weighted by atomic mass is 35.5. The Labute approximate surface area is 163 Å². The quantitative estimate of drug-likeness (QED) is 0.364. The van der Waals surface area contributed by atoms with Crippen molar-refractivity contribution in [1.29, 1.82) is 0 Å². The van der Waals surface area contributed by atoms with Crippen LogP contribution in [0.1, 0.15) is 5.56 Å². The number of amides is 4. The van der Waals surface area contributed by atoms with Gasteiger partial charge in [-0.3, -0.25) is 25.0 Å². The summed E-state index contributed by atoms with van der Waals surface area (Å²) >= 11 is 5.82. The third-order valence-corrected chi connectivity index (χ3v) is 4.16. The molecule has 0 radical (unpaired) electrons. The number of methoxy groups -OCH3 is 1. The van der Waals surface area contributed by atoms with Gasteiger partial charge in [0.15, 0.2) is 0 Å². The molecule has 2 aromatic rings. The fourth-order valence-electron chi connectivity index (χ4n) is 2.59. The molecule has 1 saturated heterocycles. The van der Waals surface area contributed by atoms with Crippen molar-refractivity contribution < 1.29 is 24.0 Å². The van der Waals surface area contributed by atoms with Gasteiger partial charge in [-0.1, -0.05) is 11.6 Å². The Morgan fingerprint density at radius 2 is 1.82 bits per heavy atom. The van der Waals surface area contributed by atoms with E-state index in [9.17, 15) is 24.5 Å². The zero-order chi connectivity index (χ0) is 20.4. The maximum Gasteiger partial charge on any atom is 0.335 e. The Morgan fingerprint density at radius 1 is 1.14 bits per heavy atom. The van der Waals surface area contributed by atoms with Crippen molar-refractivity contribution in [2.24, 2.45) is 0 Å². The summed E-state index contributed by atoms with van der Waals surface area (Å²) in [5, 5.41) is 13.5. The van der Waals surface area contributed by atoms with Crippen LogP contribution in [-0.2, 0) is 9.59 Å². The van der Waals surface area contributed by atoms with Gasteiger partial charge in [-0.25, -0.2) is 9.69 Å². The van der Waals surface area contributed by atoms with Crippen LogP contribution in [0, 0.1) is 10.1 Å². The SMILES string of the molecule is COc1ccc([N+](=O)[O-])cc1C=C1C(=O)NC(=O)N(c2ccc(Cl)cc2)C1=O. The van der Waals surface area contributed by atoms with Gasteiger partial charge in [0.2, 0.25) is 0 Å². The fraction of sp³-hybridized carbons (Fsp3) is 0.0556. The first kappa shape index (κ1) is 19.1. The highest BCUT2D eigenvalue weighted by Crippen LogP contribution is 2.28. The lowest BCUT2D eigenvalue weighted by molar-refractivity contribution is -0.384. The molecule has 1 N–H and O–H groups in total. The molecule has 0 saturated carbocycles. The molecule has 3 rings (SSSR count). The second-order valence-corrected chi connectivity index (χ2v) is 6.05. The summed E-state index contributed by atoms with van der Waals surface area (Å²) in [6.45, 7) is 0. The molecule has 4 amide bonds. The van der Waals surface area contributed by atoms with E-state index in [1.807, 2.05) is 0 Å². The molecule has 1 heterocycles. The smallest absolute Gasteiger partial charge is 0.335 e. The Hall–Kier alpha value is -3.72. The number of nitro groups is 1. The molecule has 0 bridgehead atoms. The van der Waals surface area contributed by atoms with Gasteiger partial charge in [0, 0.05) is 22.7 Å². The van der Waals surface area contributed by atoms with Gasteiger partial charge in [-0.15, -0.1) is 0 Å². The number of urea groups is 1. The Morgan fingerprint density at radius 3 is 2.43 bits per heavy atom. The lowest BCUT2D eigenvalue weighted by atomic mass is 10.1. The summed E-state index contributed by atoms with van der Waals surface area (Å²) in [7, 11) is 1.34. The van der Waals surface area contributed by atoms with Crippen LogP contribution in [0.2, 0.25) is 5.02 Å². The Balaban J connectivity index is 2.08. The number of ether oxygens (including phenoxy) is 1. The Bertz CT molecular complexity index is 1030. The first-order chi connectivity index (χ1) is 13.3. The largest absolute Gasteiger partial charge is 0.496 e. The van der Waals surface area contributed by atoms with Gasteiger partial charge in [-0.05, 0) is 36.4 Å². The fourth-order valence-corrected chi connectivity index (χ4v) is 2.71. The van der Waals surface area contributed by atoms with Crippen molar-refractivity contribution in [3.05, 3.63) is 68.7 Å². The van der Waals surface area contributed by atoms with E-state index in [1.165, 1.54) is 43.5 Å². The number of rotatable bonds is 4. The van der Waals surface area contributed by atoms with Crippen LogP contribution in [0.3, 0.4) is 0 Å². The molecule has 0 aromatic heterocycles. The van der Waals surface area contributed by atoms with Crippen LogP contribution in [0.5, 0.6) is 5.75 Å². The van der Waals surface area contributed by atoms with Gasteiger partial charge in [0.25, 0.3) is 17.5 Å². The highest BCUT2D eigenvalue weighted by molar-refractivity contribution is 6.39. The maximum absolute atomic E-state index is 12.8. The molecular weight excluding hydrogens is 390 g/mol. The average Bonchev–Trinajstić information content (AvgIpc) is 2.66. The van der Waals surface area contributed by atoms with Crippen LogP contribution in [0.25, 0.3) is 6.08 Å². The number of imide groups is 2. The zero-order valence-corrected chi connectivity index (χ0v) is 15.1. The molecule has 1 aliphatic heterocycles. The van der Waals surface area contributed by atoms with Crippen molar-refractivity contribution in [2.45, 2.75) is 0 Å². The van der Waals surface area contributed by atoms with E-state index in [1.54, 1.807) is 0 Å². The molecule has 9 nitrogen and oxygen atoms in total. The second kappa shape index (κ2) is 7.49. The molecule has 142 valence electrons. The number of non-ortho nitro benzene ring substituents is 1. The van der Waals surface area contributed by atoms with Gasteiger partial charge < -0.3 is 4.74 Å². The molecule has 2 aromatic carbocycles. The first-order valence-electron chi connectivity index (χ1n) is 7.81. The average molecular weight is 402 g/mol. The lowest BCUT2D eigenvalue weighted by Gasteiger charge is -2.26. The van der Waals surface area contributed by atoms with E-state index in [4.69, 9.17) is 16.3 Å². The number of barbiturate groups is 1. The van der Waals surface area contributed by atoms with Crippen LogP contribution in [0.15, 0.2) is 48.0 Å². The number of carbonyl (C=O) groups excluding carboxylic acids is 3. The topological polar surface area (TPSA) is 119 Å². The molecule has 0 aliphatic carbocycles. The second-order valence-electron chi connectivity index (χ2n) is 5.62. The predicted octanol–water partition coefficient (Wildman–Crippen LogP) is 2.92. The molecule has 0 spiro atoms. The van der Waals surface area contributed by atoms with Crippen LogP contribution >= 0.6 is 11.6 Å². The number of halogens is 1. The number of nitrogens with zero attached hydrogens (tertiary/aromatic N) is 2. The summed E-state index contributed by atoms with van der Waals surface area (Å²) in [6, 6.07) is 8.69. The van der Waals surface area contributed by atoms with E-state index in [0.717, 1.165) is 17.0 Å². The maximum atomic E-state index is 12.8. The van der Waals surface area contributed by atoms with Gasteiger partial charge in [0.05, 0.1) is 17.7 Å². The number of anilines is 1. The standard InChI is InChI=1S/C18H12ClN3O6/c1-28-15-7-6-13(22(26)27)8-10(15)9-14-16(23)20-18(25)21(17(14)24)12-4-2-11(19)3-5-12/h2-9H,1H3,(H,20,23,25). The van der Waals surface area contributed by atoms with Gasteiger partial charge in [0.1, 0.15) is 11.3 Å². The minimum atomic E-state index is -0.922. The molecule has 10 heteroatoms. The molecule has 1 fully saturated rings. The minimum absolute atomic E-state index is 0.139. The normalized spacial score (nSPS) is 15.6. The van der Waals surface area contributed by atoms with Crippen LogP contribution < -0.4 is 15.0 Å². The van der Waals surface area contributed by atoms with E-state index < -0.39 is 22.8 Å². The highest BCUT2D eigenvalue weighted by Gasteiger charge is 2.37. The Kier molecular flexibility index (Phi) is 5.10. The van der Waals surface area contributed by atoms with E-state index in [-0.39, 0.29) is 28.3 Å². The number of hydrogen-bond acceptors (Lipinski definition) is 6. The lowest BCUT2D eigenvalue weighted by Crippen LogP contribution is -2.54. The van der Waals surface area contributed by atoms with Crippen LogP contribution in [0.4, 0.5) is 16.2 Å². The number of nitro benzene ring substituents is 1. The molecule has 1 aliphatic rings. The molecule has 0 atom stereocenters. The summed E-state index contributed by atoms with van der Waals surface area (Å²) in [5.41, 5.74) is -0.285. The molecular formula is C18H12ClN3O6. The van der Waals surface area contributed by atoms with Crippen molar-refractivity contribution >= 4 is 46.9 Å². The van der Waals surface area contributed by atoms with E-state index in [2.05, 4.69) is 5.32 Å². The molecule has 0 unspecified atom stereocenters. The predicted molar refractivity (Wildman–Crippen MR) is 100 cm³/mol. The van der Waals surface area contributed by atoms with Gasteiger partial charge in [-0.2, -0.15) is 0 Å². The summed E-state index contributed by atoms with van der Waals surface area (Å²) in [4.78, 5) is 48.4. The molecule has 28 heavy (non-hydrogen) atoms. The first-order valence-corrected chi connectivity index (χ1v) is 8.19. The van der Waals surface area contributed by atoms with E-state index >= 15 is 0 Å². The van der Waals surface area contributed by atoms with Crippen molar-refractivity contribution in [2.75, 3.05) is 12.0 Å².